The number of hydrogen-bond acceptors (Lipinski definition) is 3. The number of amides is 1. The van der Waals surface area contributed by atoms with Gasteiger partial charge in [0.1, 0.15) is 0 Å². The zero-order chi connectivity index (χ0) is 17.3. The molecule has 0 spiro atoms. The van der Waals surface area contributed by atoms with Crippen LogP contribution >= 0.6 is 11.6 Å². The molecule has 8 heteroatoms. The first-order valence-electron chi connectivity index (χ1n) is 7.09. The highest BCUT2D eigenvalue weighted by molar-refractivity contribution is 6.30. The van der Waals surface area contributed by atoms with Gasteiger partial charge < -0.3 is 10.1 Å². The number of carbonyl (C=O) groups excluding carboxylic acids is 1. The summed E-state index contributed by atoms with van der Waals surface area (Å²) in [6.07, 6.45) is -4.59. The van der Waals surface area contributed by atoms with Crippen molar-refractivity contribution >= 4 is 23.2 Å². The molecule has 1 N–H and O–H groups in total. The third-order valence-electron chi connectivity index (χ3n) is 3.71. The fourth-order valence-electron chi connectivity index (χ4n) is 2.41. The monoisotopic (exact) mass is 350 g/mol. The number of alkyl halides is 3. The first-order chi connectivity index (χ1) is 10.6. The molecule has 0 bridgehead atoms. The van der Waals surface area contributed by atoms with Crippen molar-refractivity contribution in [3.63, 3.8) is 0 Å². The molecule has 4 nitrogen and oxygen atoms in total. The number of ether oxygens (including phenoxy) is 1. The Balaban J connectivity index is 2.12. The van der Waals surface area contributed by atoms with E-state index in [-0.39, 0.29) is 22.8 Å². The largest absolute Gasteiger partial charge is 0.418 e. The Bertz CT molecular complexity index is 591. The molecular formula is C15H18ClF3N2O2. The van der Waals surface area contributed by atoms with Gasteiger partial charge in [-0.15, -0.1) is 0 Å². The van der Waals surface area contributed by atoms with E-state index in [0.717, 1.165) is 12.1 Å². The van der Waals surface area contributed by atoms with Gasteiger partial charge in [-0.1, -0.05) is 11.6 Å². The third-order valence-corrected chi connectivity index (χ3v) is 3.95. The maximum atomic E-state index is 13.0. The molecule has 2 rings (SSSR count). The third kappa shape index (κ3) is 4.59. The SMILES string of the molecule is CC1(C)COCCN1CC(=O)Nc1ccc(Cl)cc1C(F)(F)F. The minimum absolute atomic E-state index is 0.00369. The van der Waals surface area contributed by atoms with Crippen LogP contribution < -0.4 is 5.32 Å². The summed E-state index contributed by atoms with van der Waals surface area (Å²) in [6.45, 7) is 5.34. The molecule has 1 aliphatic heterocycles. The summed E-state index contributed by atoms with van der Waals surface area (Å²) in [6, 6.07) is 3.27. The van der Waals surface area contributed by atoms with E-state index in [4.69, 9.17) is 16.3 Å². The van der Waals surface area contributed by atoms with Crippen molar-refractivity contribution in [3.8, 4) is 0 Å². The van der Waals surface area contributed by atoms with E-state index in [1.807, 2.05) is 18.7 Å². The normalized spacial score (nSPS) is 18.7. The average Bonchev–Trinajstić information content (AvgIpc) is 2.42. The maximum Gasteiger partial charge on any atom is 0.418 e. The lowest BCUT2D eigenvalue weighted by Gasteiger charge is -2.41. The minimum Gasteiger partial charge on any atom is -0.378 e. The van der Waals surface area contributed by atoms with Gasteiger partial charge in [0.15, 0.2) is 0 Å². The van der Waals surface area contributed by atoms with Crippen LogP contribution in [0, 0.1) is 0 Å². The first kappa shape index (κ1) is 18.0. The van der Waals surface area contributed by atoms with E-state index in [9.17, 15) is 18.0 Å². The molecule has 0 atom stereocenters. The Hall–Kier alpha value is -1.31. The molecule has 23 heavy (non-hydrogen) atoms. The second kappa shape index (κ2) is 6.67. The fourth-order valence-corrected chi connectivity index (χ4v) is 2.58. The molecule has 0 radical (unpaired) electrons. The zero-order valence-electron chi connectivity index (χ0n) is 12.8. The smallest absolute Gasteiger partial charge is 0.378 e. The molecule has 1 saturated heterocycles. The number of carbonyl (C=O) groups is 1. The Kier molecular flexibility index (Phi) is 5.23. The summed E-state index contributed by atoms with van der Waals surface area (Å²) in [7, 11) is 0. The van der Waals surface area contributed by atoms with Crippen LogP contribution in [0.1, 0.15) is 19.4 Å². The van der Waals surface area contributed by atoms with E-state index < -0.39 is 17.6 Å². The van der Waals surface area contributed by atoms with E-state index in [1.54, 1.807) is 0 Å². The molecule has 1 aromatic rings. The van der Waals surface area contributed by atoms with Gasteiger partial charge in [-0.25, -0.2) is 0 Å². The number of halogens is 4. The lowest BCUT2D eigenvalue weighted by atomic mass is 10.0. The van der Waals surface area contributed by atoms with Crippen LogP contribution in [0.3, 0.4) is 0 Å². The van der Waals surface area contributed by atoms with Crippen LogP contribution in [0.4, 0.5) is 18.9 Å². The van der Waals surface area contributed by atoms with Gasteiger partial charge in [-0.2, -0.15) is 13.2 Å². The highest BCUT2D eigenvalue weighted by Gasteiger charge is 2.35. The molecule has 0 aliphatic carbocycles. The second-order valence-corrected chi connectivity index (χ2v) is 6.46. The standard InChI is InChI=1S/C15H18ClF3N2O2/c1-14(2)9-23-6-5-21(14)8-13(22)20-12-4-3-10(16)7-11(12)15(17,18)19/h3-4,7H,5-6,8-9H2,1-2H3,(H,20,22). The van der Waals surface area contributed by atoms with Gasteiger partial charge in [0, 0.05) is 17.1 Å². The topological polar surface area (TPSA) is 41.6 Å². The molecule has 1 fully saturated rings. The molecular weight excluding hydrogens is 333 g/mol. The highest BCUT2D eigenvalue weighted by atomic mass is 35.5. The van der Waals surface area contributed by atoms with E-state index >= 15 is 0 Å². The van der Waals surface area contributed by atoms with E-state index in [1.165, 1.54) is 6.07 Å². The quantitative estimate of drug-likeness (QED) is 0.908. The predicted octanol–water partition coefficient (Wildman–Crippen LogP) is 3.41. The predicted molar refractivity (Wildman–Crippen MR) is 81.6 cm³/mol. The highest BCUT2D eigenvalue weighted by Crippen LogP contribution is 2.36. The fraction of sp³-hybridized carbons (Fsp3) is 0.533. The molecule has 128 valence electrons. The zero-order valence-corrected chi connectivity index (χ0v) is 13.6. The van der Waals surface area contributed by atoms with Crippen molar-refractivity contribution in [1.82, 2.24) is 4.90 Å². The van der Waals surface area contributed by atoms with Crippen LogP contribution in [0.25, 0.3) is 0 Å². The van der Waals surface area contributed by atoms with E-state index in [2.05, 4.69) is 5.32 Å². The van der Waals surface area contributed by atoms with Crippen molar-refractivity contribution in [2.24, 2.45) is 0 Å². The number of morpholine rings is 1. The lowest BCUT2D eigenvalue weighted by Crippen LogP contribution is -2.55. The van der Waals surface area contributed by atoms with Gasteiger partial charge in [0.05, 0.1) is 31.0 Å². The van der Waals surface area contributed by atoms with Gasteiger partial charge in [-0.05, 0) is 32.0 Å². The molecule has 1 amide bonds. The maximum absolute atomic E-state index is 13.0. The van der Waals surface area contributed by atoms with Crippen molar-refractivity contribution in [3.05, 3.63) is 28.8 Å². The number of nitrogens with one attached hydrogen (secondary N) is 1. The molecule has 1 heterocycles. The minimum atomic E-state index is -4.59. The molecule has 0 saturated carbocycles. The number of anilines is 1. The molecule has 1 aromatic carbocycles. The Labute approximate surface area is 137 Å². The molecule has 0 aromatic heterocycles. The molecule has 0 unspecified atom stereocenters. The summed E-state index contributed by atoms with van der Waals surface area (Å²) in [4.78, 5) is 14.0. The number of hydrogen-bond donors (Lipinski definition) is 1. The Morgan fingerprint density at radius 1 is 1.43 bits per heavy atom. The summed E-state index contributed by atoms with van der Waals surface area (Å²) in [5, 5.41) is 2.29. The van der Waals surface area contributed by atoms with E-state index in [0.29, 0.717) is 19.8 Å². The van der Waals surface area contributed by atoms with Gasteiger partial charge >= 0.3 is 6.18 Å². The van der Waals surface area contributed by atoms with Crippen molar-refractivity contribution < 1.29 is 22.7 Å². The summed E-state index contributed by atoms with van der Waals surface area (Å²) >= 11 is 5.62. The van der Waals surface area contributed by atoms with Crippen molar-refractivity contribution in [2.75, 3.05) is 31.6 Å². The first-order valence-corrected chi connectivity index (χ1v) is 7.47. The van der Waals surface area contributed by atoms with Crippen molar-refractivity contribution in [2.45, 2.75) is 25.6 Å². The number of nitrogens with zero attached hydrogens (tertiary/aromatic N) is 1. The van der Waals surface area contributed by atoms with Crippen LogP contribution in [0.15, 0.2) is 18.2 Å². The summed E-state index contributed by atoms with van der Waals surface area (Å²) in [5.74, 6) is -0.507. The van der Waals surface area contributed by atoms with Crippen LogP contribution in [-0.2, 0) is 15.7 Å². The molecule has 1 aliphatic rings. The van der Waals surface area contributed by atoms with Crippen molar-refractivity contribution in [1.29, 1.82) is 0 Å². The number of rotatable bonds is 3. The van der Waals surface area contributed by atoms with Gasteiger partial charge in [-0.3, -0.25) is 9.69 Å². The van der Waals surface area contributed by atoms with Crippen LogP contribution in [-0.4, -0.2) is 42.6 Å². The van der Waals surface area contributed by atoms with Gasteiger partial charge in [0.2, 0.25) is 5.91 Å². The number of benzene rings is 1. The summed E-state index contributed by atoms with van der Waals surface area (Å²) in [5.41, 5.74) is -1.60. The van der Waals surface area contributed by atoms with Crippen LogP contribution in [0.5, 0.6) is 0 Å². The summed E-state index contributed by atoms with van der Waals surface area (Å²) < 4.78 is 44.4. The Morgan fingerprint density at radius 3 is 2.74 bits per heavy atom. The average molecular weight is 351 g/mol. The lowest BCUT2D eigenvalue weighted by molar-refractivity contribution is -0.137. The second-order valence-electron chi connectivity index (χ2n) is 6.02. The Morgan fingerprint density at radius 2 is 2.13 bits per heavy atom. The van der Waals surface area contributed by atoms with Gasteiger partial charge in [0.25, 0.3) is 0 Å². The van der Waals surface area contributed by atoms with Crippen LogP contribution in [0.2, 0.25) is 5.02 Å².